The molecular formula is C16H19N3OS. The molecule has 0 saturated heterocycles. The molecule has 1 heterocycles. The van der Waals surface area contributed by atoms with Crippen LogP contribution in [-0.2, 0) is 10.5 Å². The SMILES string of the molecule is CCC(N)C(=O)Nc1ccc(SCc2cccnc2)cc1. The van der Waals surface area contributed by atoms with E-state index in [0.29, 0.717) is 6.42 Å². The molecule has 21 heavy (non-hydrogen) atoms. The number of nitrogens with zero attached hydrogens (tertiary/aromatic N) is 1. The highest BCUT2D eigenvalue weighted by atomic mass is 32.2. The second-order valence-corrected chi connectivity index (χ2v) is 5.73. The van der Waals surface area contributed by atoms with Crippen molar-refractivity contribution in [1.29, 1.82) is 0 Å². The molecule has 110 valence electrons. The lowest BCUT2D eigenvalue weighted by Crippen LogP contribution is -2.34. The second kappa shape index (κ2) is 7.81. The third-order valence-corrected chi connectivity index (χ3v) is 4.11. The summed E-state index contributed by atoms with van der Waals surface area (Å²) in [6.45, 7) is 1.89. The van der Waals surface area contributed by atoms with Crippen LogP contribution in [0.2, 0.25) is 0 Å². The first-order chi connectivity index (χ1) is 10.2. The number of thioether (sulfide) groups is 1. The smallest absolute Gasteiger partial charge is 0.241 e. The Morgan fingerprint density at radius 2 is 2.10 bits per heavy atom. The number of nitrogens with one attached hydrogen (secondary N) is 1. The number of benzene rings is 1. The molecule has 3 N–H and O–H groups in total. The van der Waals surface area contributed by atoms with E-state index in [1.54, 1.807) is 18.0 Å². The van der Waals surface area contributed by atoms with E-state index < -0.39 is 6.04 Å². The summed E-state index contributed by atoms with van der Waals surface area (Å²) in [4.78, 5) is 16.9. The standard InChI is InChI=1S/C16H19N3OS/c1-2-15(17)16(20)19-13-5-7-14(8-6-13)21-11-12-4-3-9-18-10-12/h3-10,15H,2,11,17H2,1H3,(H,19,20). The van der Waals surface area contributed by atoms with Crippen LogP contribution in [0.15, 0.2) is 53.7 Å². The molecule has 1 amide bonds. The third kappa shape index (κ3) is 4.88. The minimum Gasteiger partial charge on any atom is -0.325 e. The van der Waals surface area contributed by atoms with Crippen LogP contribution in [0.4, 0.5) is 5.69 Å². The van der Waals surface area contributed by atoms with E-state index in [2.05, 4.69) is 16.4 Å². The quantitative estimate of drug-likeness (QED) is 0.805. The Morgan fingerprint density at radius 1 is 1.33 bits per heavy atom. The highest BCUT2D eigenvalue weighted by molar-refractivity contribution is 7.98. The molecule has 0 aliphatic rings. The molecule has 2 aromatic rings. The van der Waals surface area contributed by atoms with Gasteiger partial charge in [-0.1, -0.05) is 13.0 Å². The summed E-state index contributed by atoms with van der Waals surface area (Å²) >= 11 is 1.73. The first-order valence-corrected chi connectivity index (χ1v) is 7.86. The van der Waals surface area contributed by atoms with Crippen molar-refractivity contribution in [2.45, 2.75) is 30.0 Å². The fourth-order valence-electron chi connectivity index (χ4n) is 1.71. The molecule has 1 aromatic heterocycles. The predicted octanol–water partition coefficient (Wildman–Crippen LogP) is 3.05. The Bertz CT molecular complexity index is 572. The summed E-state index contributed by atoms with van der Waals surface area (Å²) in [5.74, 6) is 0.730. The first-order valence-electron chi connectivity index (χ1n) is 6.87. The van der Waals surface area contributed by atoms with Crippen molar-refractivity contribution in [3.63, 3.8) is 0 Å². The van der Waals surface area contributed by atoms with Gasteiger partial charge in [-0.2, -0.15) is 0 Å². The molecular weight excluding hydrogens is 282 g/mol. The molecule has 0 spiro atoms. The highest BCUT2D eigenvalue weighted by Gasteiger charge is 2.10. The summed E-state index contributed by atoms with van der Waals surface area (Å²) in [5.41, 5.74) is 7.65. The molecule has 0 saturated carbocycles. The van der Waals surface area contributed by atoms with Gasteiger partial charge in [0, 0.05) is 28.7 Å². The van der Waals surface area contributed by atoms with E-state index in [9.17, 15) is 4.79 Å². The van der Waals surface area contributed by atoms with Crippen molar-refractivity contribution >= 4 is 23.4 Å². The first kappa shape index (κ1) is 15.5. The fraction of sp³-hybridized carbons (Fsp3) is 0.250. The van der Waals surface area contributed by atoms with E-state index in [1.165, 1.54) is 5.56 Å². The van der Waals surface area contributed by atoms with Crippen LogP contribution in [0, 0.1) is 0 Å². The van der Waals surface area contributed by atoms with Crippen molar-refractivity contribution in [2.24, 2.45) is 5.73 Å². The molecule has 1 unspecified atom stereocenters. The summed E-state index contributed by atoms with van der Waals surface area (Å²) in [6.07, 6.45) is 4.27. The minimum atomic E-state index is -0.454. The predicted molar refractivity (Wildman–Crippen MR) is 87.1 cm³/mol. The van der Waals surface area contributed by atoms with Crippen molar-refractivity contribution in [1.82, 2.24) is 4.98 Å². The van der Waals surface area contributed by atoms with Gasteiger partial charge in [0.25, 0.3) is 0 Å². The lowest BCUT2D eigenvalue weighted by atomic mass is 10.2. The molecule has 4 nitrogen and oxygen atoms in total. The van der Waals surface area contributed by atoms with Crippen molar-refractivity contribution < 1.29 is 4.79 Å². The molecule has 1 aromatic carbocycles. The van der Waals surface area contributed by atoms with Gasteiger partial charge >= 0.3 is 0 Å². The van der Waals surface area contributed by atoms with Gasteiger partial charge in [-0.15, -0.1) is 11.8 Å². The monoisotopic (exact) mass is 301 g/mol. The highest BCUT2D eigenvalue weighted by Crippen LogP contribution is 2.23. The van der Waals surface area contributed by atoms with E-state index in [1.807, 2.05) is 43.5 Å². The largest absolute Gasteiger partial charge is 0.325 e. The number of hydrogen-bond donors (Lipinski definition) is 2. The number of carbonyl (C=O) groups excluding carboxylic acids is 1. The van der Waals surface area contributed by atoms with E-state index in [0.717, 1.165) is 16.3 Å². The lowest BCUT2D eigenvalue weighted by Gasteiger charge is -2.10. The van der Waals surface area contributed by atoms with Crippen LogP contribution >= 0.6 is 11.8 Å². The molecule has 0 radical (unpaired) electrons. The lowest BCUT2D eigenvalue weighted by molar-refractivity contribution is -0.117. The Morgan fingerprint density at radius 3 is 2.71 bits per heavy atom. The average molecular weight is 301 g/mol. The Kier molecular flexibility index (Phi) is 5.78. The average Bonchev–Trinajstić information content (AvgIpc) is 2.54. The number of nitrogens with two attached hydrogens (primary N) is 1. The molecule has 1 atom stereocenters. The minimum absolute atomic E-state index is 0.145. The number of aromatic nitrogens is 1. The van der Waals surface area contributed by atoms with E-state index in [4.69, 9.17) is 5.73 Å². The molecule has 0 aliphatic carbocycles. The number of carbonyl (C=O) groups is 1. The van der Waals surface area contributed by atoms with Gasteiger partial charge in [0.05, 0.1) is 6.04 Å². The number of pyridine rings is 1. The third-order valence-electron chi connectivity index (χ3n) is 3.03. The summed E-state index contributed by atoms with van der Waals surface area (Å²) in [6, 6.07) is 11.3. The zero-order chi connectivity index (χ0) is 15.1. The summed E-state index contributed by atoms with van der Waals surface area (Å²) in [7, 11) is 0. The number of rotatable bonds is 6. The van der Waals surface area contributed by atoms with Crippen LogP contribution in [-0.4, -0.2) is 16.9 Å². The molecule has 2 rings (SSSR count). The second-order valence-electron chi connectivity index (χ2n) is 4.68. The van der Waals surface area contributed by atoms with E-state index >= 15 is 0 Å². The molecule has 0 bridgehead atoms. The van der Waals surface area contributed by atoms with Gasteiger partial charge in [0.15, 0.2) is 0 Å². The van der Waals surface area contributed by atoms with E-state index in [-0.39, 0.29) is 5.91 Å². The zero-order valence-corrected chi connectivity index (χ0v) is 12.8. The van der Waals surface area contributed by atoms with Gasteiger partial charge in [0.1, 0.15) is 0 Å². The van der Waals surface area contributed by atoms with Crippen LogP contribution in [0.1, 0.15) is 18.9 Å². The maximum Gasteiger partial charge on any atom is 0.241 e. The van der Waals surface area contributed by atoms with Crippen molar-refractivity contribution in [3.8, 4) is 0 Å². The maximum absolute atomic E-state index is 11.7. The Hall–Kier alpha value is -1.85. The Balaban J connectivity index is 1.88. The number of amides is 1. The molecule has 0 fully saturated rings. The van der Waals surface area contributed by atoms with Gasteiger partial charge in [-0.25, -0.2) is 0 Å². The number of hydrogen-bond acceptors (Lipinski definition) is 4. The van der Waals surface area contributed by atoms with Gasteiger partial charge in [-0.05, 0) is 42.3 Å². The molecule has 5 heteroatoms. The van der Waals surface area contributed by atoms with Crippen LogP contribution in [0.3, 0.4) is 0 Å². The van der Waals surface area contributed by atoms with Gasteiger partial charge in [0.2, 0.25) is 5.91 Å². The van der Waals surface area contributed by atoms with Crippen LogP contribution in [0.5, 0.6) is 0 Å². The van der Waals surface area contributed by atoms with Gasteiger partial charge < -0.3 is 11.1 Å². The normalized spacial score (nSPS) is 11.9. The zero-order valence-electron chi connectivity index (χ0n) is 12.0. The van der Waals surface area contributed by atoms with Crippen molar-refractivity contribution in [2.75, 3.05) is 5.32 Å². The summed E-state index contributed by atoms with van der Waals surface area (Å²) in [5, 5.41) is 2.81. The fourth-order valence-corrected chi connectivity index (χ4v) is 2.54. The topological polar surface area (TPSA) is 68.0 Å². The number of anilines is 1. The van der Waals surface area contributed by atoms with Gasteiger partial charge in [-0.3, -0.25) is 9.78 Å². The van der Waals surface area contributed by atoms with Crippen molar-refractivity contribution in [3.05, 3.63) is 54.4 Å². The molecule has 0 aliphatic heterocycles. The van der Waals surface area contributed by atoms with Crippen LogP contribution < -0.4 is 11.1 Å². The van der Waals surface area contributed by atoms with Crippen LogP contribution in [0.25, 0.3) is 0 Å². The Labute approximate surface area is 129 Å². The maximum atomic E-state index is 11.7. The summed E-state index contributed by atoms with van der Waals surface area (Å²) < 4.78 is 0.